The molecule has 110 valence electrons. The van der Waals surface area contributed by atoms with Gasteiger partial charge in [-0.1, -0.05) is 18.2 Å². The van der Waals surface area contributed by atoms with E-state index in [2.05, 4.69) is 12.1 Å². The van der Waals surface area contributed by atoms with Gasteiger partial charge in [0.15, 0.2) is 0 Å². The Hall–Kier alpha value is -1.49. The molecule has 6 atom stereocenters. The first-order valence-corrected chi connectivity index (χ1v) is 8.08. The Morgan fingerprint density at radius 2 is 2.05 bits per heavy atom. The maximum Gasteiger partial charge on any atom is 0.310 e. The van der Waals surface area contributed by atoms with E-state index in [1.54, 1.807) is 11.8 Å². The Labute approximate surface area is 127 Å². The molecule has 1 saturated heterocycles. The molecule has 4 rings (SSSR count). The van der Waals surface area contributed by atoms with E-state index in [0.29, 0.717) is 0 Å². The number of esters is 2. The van der Waals surface area contributed by atoms with Gasteiger partial charge in [0.05, 0.1) is 24.2 Å². The molecule has 1 aromatic carbocycles. The van der Waals surface area contributed by atoms with Crippen molar-refractivity contribution in [2.24, 2.45) is 23.7 Å². The lowest BCUT2D eigenvalue weighted by molar-refractivity contribution is -0.153. The van der Waals surface area contributed by atoms with Crippen molar-refractivity contribution in [3.8, 4) is 0 Å². The highest BCUT2D eigenvalue weighted by Crippen LogP contribution is 2.61. The largest absolute Gasteiger partial charge is 0.469 e. The molecular formula is C16H16O4S. The number of ether oxygens (including phenoxy) is 2. The van der Waals surface area contributed by atoms with Crippen LogP contribution in [0.2, 0.25) is 0 Å². The molecule has 2 saturated carbocycles. The average Bonchev–Trinajstić information content (AvgIpc) is 3.11. The first-order chi connectivity index (χ1) is 10.2. The quantitative estimate of drug-likeness (QED) is 0.801. The maximum atomic E-state index is 12.1. The molecule has 0 N–H and O–H groups in total. The minimum atomic E-state index is -0.326. The van der Waals surface area contributed by atoms with Crippen LogP contribution in [0.1, 0.15) is 6.42 Å². The van der Waals surface area contributed by atoms with E-state index in [0.717, 1.165) is 11.3 Å². The molecular weight excluding hydrogens is 288 g/mol. The van der Waals surface area contributed by atoms with E-state index in [-0.39, 0.29) is 47.0 Å². The van der Waals surface area contributed by atoms with Crippen molar-refractivity contribution in [3.05, 3.63) is 30.3 Å². The third kappa shape index (κ3) is 1.83. The summed E-state index contributed by atoms with van der Waals surface area (Å²) in [6.07, 6.45) is 0.851. The lowest BCUT2D eigenvalue weighted by atomic mass is 9.80. The van der Waals surface area contributed by atoms with Crippen molar-refractivity contribution >= 4 is 23.7 Å². The van der Waals surface area contributed by atoms with E-state index < -0.39 is 0 Å². The first-order valence-electron chi connectivity index (χ1n) is 7.20. The van der Waals surface area contributed by atoms with Crippen LogP contribution >= 0.6 is 11.8 Å². The second-order valence-electron chi connectivity index (χ2n) is 5.94. The Bertz CT molecular complexity index is 587. The summed E-state index contributed by atoms with van der Waals surface area (Å²) in [5.74, 6) is -0.711. The van der Waals surface area contributed by atoms with Gasteiger partial charge in [0.25, 0.3) is 0 Å². The molecule has 0 aromatic heterocycles. The second-order valence-corrected chi connectivity index (χ2v) is 7.19. The number of hydrogen-bond donors (Lipinski definition) is 0. The highest BCUT2D eigenvalue weighted by Gasteiger charge is 2.68. The van der Waals surface area contributed by atoms with Gasteiger partial charge in [0, 0.05) is 10.8 Å². The van der Waals surface area contributed by atoms with Crippen molar-refractivity contribution in [1.29, 1.82) is 0 Å². The third-order valence-corrected chi connectivity index (χ3v) is 6.47. The fourth-order valence-electron chi connectivity index (χ4n) is 4.26. The van der Waals surface area contributed by atoms with Crippen LogP contribution in [0.25, 0.3) is 0 Å². The lowest BCUT2D eigenvalue weighted by Crippen LogP contribution is -2.39. The van der Waals surface area contributed by atoms with Gasteiger partial charge in [-0.25, -0.2) is 0 Å². The van der Waals surface area contributed by atoms with Crippen LogP contribution in [0.3, 0.4) is 0 Å². The van der Waals surface area contributed by atoms with Crippen LogP contribution in [-0.4, -0.2) is 30.4 Å². The van der Waals surface area contributed by atoms with Crippen LogP contribution in [0.5, 0.6) is 0 Å². The predicted octanol–water partition coefficient (Wildman–Crippen LogP) is 2.13. The third-order valence-electron chi connectivity index (χ3n) is 5.03. The van der Waals surface area contributed by atoms with Crippen LogP contribution in [0.4, 0.5) is 0 Å². The monoisotopic (exact) mass is 304 g/mol. The second kappa shape index (κ2) is 4.77. The Morgan fingerprint density at radius 1 is 1.29 bits per heavy atom. The Morgan fingerprint density at radius 3 is 2.76 bits per heavy atom. The van der Waals surface area contributed by atoms with Crippen LogP contribution in [0, 0.1) is 23.7 Å². The Balaban J connectivity index is 1.64. The predicted molar refractivity (Wildman–Crippen MR) is 76.6 cm³/mol. The zero-order chi connectivity index (χ0) is 14.6. The topological polar surface area (TPSA) is 52.6 Å². The molecule has 4 nitrogen and oxygen atoms in total. The lowest BCUT2D eigenvalue weighted by Gasteiger charge is -2.29. The summed E-state index contributed by atoms with van der Waals surface area (Å²) in [6.45, 7) is 0. The van der Waals surface area contributed by atoms with Gasteiger partial charge in [0.1, 0.15) is 6.10 Å². The average molecular weight is 304 g/mol. The summed E-state index contributed by atoms with van der Waals surface area (Å²) >= 11 is 1.72. The molecule has 0 unspecified atom stereocenters. The summed E-state index contributed by atoms with van der Waals surface area (Å²) in [7, 11) is 1.39. The normalized spacial score (nSPS) is 39.4. The molecule has 0 radical (unpaired) electrons. The van der Waals surface area contributed by atoms with Crippen LogP contribution < -0.4 is 0 Å². The number of fused-ring (bicyclic) bond motifs is 1. The van der Waals surface area contributed by atoms with Gasteiger partial charge >= 0.3 is 11.9 Å². The molecule has 1 heterocycles. The van der Waals surface area contributed by atoms with E-state index >= 15 is 0 Å². The van der Waals surface area contributed by atoms with Gasteiger partial charge in [-0.2, -0.15) is 0 Å². The van der Waals surface area contributed by atoms with Gasteiger partial charge in [0.2, 0.25) is 0 Å². The van der Waals surface area contributed by atoms with Crippen LogP contribution in [0.15, 0.2) is 35.2 Å². The minimum Gasteiger partial charge on any atom is -0.469 e. The van der Waals surface area contributed by atoms with E-state index in [9.17, 15) is 9.59 Å². The molecule has 3 aliphatic rings. The van der Waals surface area contributed by atoms with E-state index in [4.69, 9.17) is 9.47 Å². The van der Waals surface area contributed by atoms with Crippen LogP contribution in [-0.2, 0) is 19.1 Å². The molecule has 1 aliphatic heterocycles. The maximum absolute atomic E-state index is 12.1. The highest BCUT2D eigenvalue weighted by atomic mass is 32.2. The van der Waals surface area contributed by atoms with Gasteiger partial charge in [-0.05, 0) is 24.5 Å². The molecule has 2 bridgehead atoms. The summed E-state index contributed by atoms with van der Waals surface area (Å²) in [5.41, 5.74) is 0. The van der Waals surface area contributed by atoms with Gasteiger partial charge in [-0.3, -0.25) is 9.59 Å². The summed E-state index contributed by atoms with van der Waals surface area (Å²) in [6, 6.07) is 10.1. The molecule has 2 aliphatic carbocycles. The molecule has 21 heavy (non-hydrogen) atoms. The zero-order valence-corrected chi connectivity index (χ0v) is 12.4. The number of carbonyl (C=O) groups excluding carboxylic acids is 2. The standard InChI is InChI=1S/C16H16O4S/c1-19-15(17)12-10-7-9-11(12)16(18)20-13(9)14(10)21-8-5-3-2-4-6-8/h2-6,9-14H,7H2,1H3/t9-,10-,11+,12-,13+,14+/m1/s1. The zero-order valence-electron chi connectivity index (χ0n) is 11.6. The van der Waals surface area contributed by atoms with Crippen molar-refractivity contribution in [1.82, 2.24) is 0 Å². The van der Waals surface area contributed by atoms with E-state index in [1.165, 1.54) is 7.11 Å². The number of benzene rings is 1. The summed E-state index contributed by atoms with van der Waals surface area (Å²) in [5, 5.41) is 0.157. The van der Waals surface area contributed by atoms with E-state index in [1.807, 2.05) is 18.2 Å². The molecule has 0 amide bonds. The highest BCUT2D eigenvalue weighted by molar-refractivity contribution is 8.00. The number of carbonyl (C=O) groups is 2. The summed E-state index contributed by atoms with van der Waals surface area (Å²) < 4.78 is 10.5. The number of hydrogen-bond acceptors (Lipinski definition) is 5. The number of methoxy groups -OCH3 is 1. The van der Waals surface area contributed by atoms with Crippen molar-refractivity contribution < 1.29 is 19.1 Å². The molecule has 1 aromatic rings. The SMILES string of the molecule is COC(=O)[C@@H]1[C@H]2C[C@H]3[C@H](OC(=O)[C@@H]31)[C@H]2Sc1ccccc1. The fraction of sp³-hybridized carbons (Fsp3) is 0.500. The van der Waals surface area contributed by atoms with Crippen molar-refractivity contribution in [3.63, 3.8) is 0 Å². The summed E-state index contributed by atoms with van der Waals surface area (Å²) in [4.78, 5) is 25.3. The molecule has 0 spiro atoms. The van der Waals surface area contributed by atoms with Crippen molar-refractivity contribution in [2.75, 3.05) is 7.11 Å². The molecule has 3 fully saturated rings. The fourth-order valence-corrected chi connectivity index (χ4v) is 5.74. The number of rotatable bonds is 3. The smallest absolute Gasteiger partial charge is 0.310 e. The van der Waals surface area contributed by atoms with Gasteiger partial charge in [-0.15, -0.1) is 11.8 Å². The minimum absolute atomic E-state index is 0.0430. The van der Waals surface area contributed by atoms with Crippen molar-refractivity contribution in [2.45, 2.75) is 22.7 Å². The van der Waals surface area contributed by atoms with Gasteiger partial charge < -0.3 is 9.47 Å². The number of thioether (sulfide) groups is 1. The first kappa shape index (κ1) is 13.2. The molecule has 5 heteroatoms. The Kier molecular flexibility index (Phi) is 2.99.